The molecule has 2 rings (SSSR count). The van der Waals surface area contributed by atoms with Gasteiger partial charge in [-0.2, -0.15) is 13.1 Å². The lowest BCUT2D eigenvalue weighted by Crippen LogP contribution is -2.43. The van der Waals surface area contributed by atoms with E-state index in [2.05, 4.69) is 0 Å². The second-order valence-corrected chi connectivity index (χ2v) is 11.4. The number of hydrogen-bond acceptors (Lipinski definition) is 4. The first-order chi connectivity index (χ1) is 15.7. The van der Waals surface area contributed by atoms with Crippen LogP contribution in [0.2, 0.25) is 0 Å². The molecule has 0 radical (unpaired) electrons. The second kappa shape index (κ2) is 11.1. The zero-order valence-corrected chi connectivity index (χ0v) is 21.3. The van der Waals surface area contributed by atoms with Crippen molar-refractivity contribution in [3.8, 4) is 0 Å². The van der Waals surface area contributed by atoms with Crippen LogP contribution < -0.4 is 0 Å². The number of benzene rings is 2. The van der Waals surface area contributed by atoms with E-state index in [1.165, 1.54) is 19.1 Å². The van der Waals surface area contributed by atoms with Gasteiger partial charge in [-0.15, -0.1) is 0 Å². The van der Waals surface area contributed by atoms with Crippen LogP contribution in [0.3, 0.4) is 0 Å². The SMILES string of the molecule is Cc1ccc(S(=O)(=O)N(CC(C)C(CC(C)c2ccccc2)=C(F)F)C(=O)OC(C)(C)C)cc1. The first kappa shape index (κ1) is 27.5. The van der Waals surface area contributed by atoms with E-state index >= 15 is 0 Å². The molecule has 0 spiro atoms. The van der Waals surface area contributed by atoms with Crippen molar-refractivity contribution >= 4 is 16.1 Å². The maximum atomic E-state index is 14.0. The number of hydrogen-bond donors (Lipinski definition) is 0. The molecule has 1 amide bonds. The molecular weight excluding hydrogens is 460 g/mol. The highest BCUT2D eigenvalue weighted by Crippen LogP contribution is 2.32. The zero-order chi connectivity index (χ0) is 25.7. The summed E-state index contributed by atoms with van der Waals surface area (Å²) in [7, 11) is -4.33. The van der Waals surface area contributed by atoms with Crippen LogP contribution >= 0.6 is 0 Å². The van der Waals surface area contributed by atoms with Crippen molar-refractivity contribution in [3.63, 3.8) is 0 Å². The second-order valence-electron chi connectivity index (χ2n) is 9.53. The van der Waals surface area contributed by atoms with Crippen molar-refractivity contribution in [2.75, 3.05) is 6.54 Å². The lowest BCUT2D eigenvalue weighted by atomic mass is 9.88. The van der Waals surface area contributed by atoms with Crippen LogP contribution in [0.5, 0.6) is 0 Å². The van der Waals surface area contributed by atoms with Crippen LogP contribution in [0.15, 0.2) is 71.1 Å². The first-order valence-electron chi connectivity index (χ1n) is 11.1. The van der Waals surface area contributed by atoms with Crippen LogP contribution in [0.4, 0.5) is 13.6 Å². The molecule has 0 bridgehead atoms. The number of ether oxygens (including phenoxy) is 1. The standard InChI is InChI=1S/C26H33F2NO4S/c1-18-12-14-22(15-13-18)34(31,32)29(25(30)33-26(4,5)6)17-20(3)23(24(27)28)16-19(2)21-10-8-7-9-11-21/h7-15,19-20H,16-17H2,1-6H3. The van der Waals surface area contributed by atoms with E-state index in [4.69, 9.17) is 4.74 Å². The quantitative estimate of drug-likeness (QED) is 0.401. The van der Waals surface area contributed by atoms with E-state index in [0.29, 0.717) is 4.31 Å². The third-order valence-corrected chi connectivity index (χ3v) is 7.12. The molecule has 34 heavy (non-hydrogen) atoms. The molecule has 5 nitrogen and oxygen atoms in total. The van der Waals surface area contributed by atoms with Gasteiger partial charge in [0.15, 0.2) is 0 Å². The molecule has 0 aliphatic carbocycles. The number of rotatable bonds is 8. The lowest BCUT2D eigenvalue weighted by molar-refractivity contribution is 0.0379. The van der Waals surface area contributed by atoms with Crippen molar-refractivity contribution in [1.29, 1.82) is 0 Å². The van der Waals surface area contributed by atoms with Gasteiger partial charge in [-0.3, -0.25) is 0 Å². The van der Waals surface area contributed by atoms with E-state index in [9.17, 15) is 22.0 Å². The summed E-state index contributed by atoms with van der Waals surface area (Å²) in [5, 5.41) is 0. The van der Waals surface area contributed by atoms with Crippen molar-refractivity contribution < 1.29 is 26.7 Å². The Labute approximate surface area is 201 Å². The predicted molar refractivity (Wildman–Crippen MR) is 129 cm³/mol. The normalized spacial score (nSPS) is 13.6. The van der Waals surface area contributed by atoms with E-state index in [1.807, 2.05) is 37.3 Å². The number of sulfonamides is 1. The van der Waals surface area contributed by atoms with Gasteiger partial charge in [-0.05, 0) is 57.7 Å². The summed E-state index contributed by atoms with van der Waals surface area (Å²) in [5.74, 6) is -1.15. The number of amides is 1. The van der Waals surface area contributed by atoms with Gasteiger partial charge >= 0.3 is 6.09 Å². The van der Waals surface area contributed by atoms with Crippen molar-refractivity contribution in [1.82, 2.24) is 4.31 Å². The monoisotopic (exact) mass is 493 g/mol. The summed E-state index contributed by atoms with van der Waals surface area (Å²) >= 11 is 0. The molecule has 0 aliphatic rings. The van der Waals surface area contributed by atoms with Gasteiger partial charge in [-0.1, -0.05) is 61.9 Å². The maximum Gasteiger partial charge on any atom is 0.424 e. The van der Waals surface area contributed by atoms with E-state index in [1.54, 1.807) is 39.8 Å². The summed E-state index contributed by atoms with van der Waals surface area (Å²) in [6.45, 7) is 9.49. The highest BCUT2D eigenvalue weighted by molar-refractivity contribution is 7.89. The van der Waals surface area contributed by atoms with E-state index in [0.717, 1.165) is 11.1 Å². The lowest BCUT2D eigenvalue weighted by Gasteiger charge is -2.29. The Balaban J connectivity index is 2.39. The third kappa shape index (κ3) is 7.38. The Morgan fingerprint density at radius 2 is 1.56 bits per heavy atom. The maximum absolute atomic E-state index is 14.0. The molecule has 8 heteroatoms. The van der Waals surface area contributed by atoms with E-state index < -0.39 is 40.3 Å². The minimum atomic E-state index is -4.33. The molecule has 2 aromatic rings. The van der Waals surface area contributed by atoms with Crippen molar-refractivity contribution in [2.45, 2.75) is 64.4 Å². The zero-order valence-electron chi connectivity index (χ0n) is 20.5. The van der Waals surface area contributed by atoms with Gasteiger partial charge in [-0.25, -0.2) is 13.2 Å². The Hall–Kier alpha value is -2.74. The predicted octanol–water partition coefficient (Wildman–Crippen LogP) is 6.90. The molecule has 0 saturated carbocycles. The molecule has 2 aromatic carbocycles. The third-order valence-electron chi connectivity index (χ3n) is 5.38. The van der Waals surface area contributed by atoms with Gasteiger partial charge < -0.3 is 4.74 Å². The highest BCUT2D eigenvalue weighted by Gasteiger charge is 2.35. The smallest absolute Gasteiger partial charge is 0.424 e. The Morgan fingerprint density at radius 1 is 1.00 bits per heavy atom. The first-order valence-corrected chi connectivity index (χ1v) is 12.6. The molecule has 2 unspecified atom stereocenters. The molecule has 0 fully saturated rings. The summed E-state index contributed by atoms with van der Waals surface area (Å²) in [6.07, 6.45) is -2.94. The van der Waals surface area contributed by atoms with Crippen molar-refractivity contribution in [2.24, 2.45) is 5.92 Å². The average Bonchev–Trinajstić information content (AvgIpc) is 2.74. The molecule has 0 heterocycles. The molecular formula is C26H33F2NO4S. The van der Waals surface area contributed by atoms with Gasteiger partial charge in [0.25, 0.3) is 16.1 Å². The average molecular weight is 494 g/mol. The minimum Gasteiger partial charge on any atom is -0.443 e. The fraction of sp³-hybridized carbons (Fsp3) is 0.423. The van der Waals surface area contributed by atoms with Crippen LogP contribution in [0, 0.1) is 12.8 Å². The minimum absolute atomic E-state index is 0.0280. The van der Waals surface area contributed by atoms with Gasteiger partial charge in [0.05, 0.1) is 4.90 Å². The summed E-state index contributed by atoms with van der Waals surface area (Å²) in [4.78, 5) is 12.8. The molecule has 0 aliphatic heterocycles. The van der Waals surface area contributed by atoms with E-state index in [-0.39, 0.29) is 22.8 Å². The number of carbonyl (C=O) groups is 1. The number of carbonyl (C=O) groups excluding carboxylic acids is 1. The van der Waals surface area contributed by atoms with Gasteiger partial charge in [0.1, 0.15) is 5.60 Å². The Morgan fingerprint density at radius 3 is 2.06 bits per heavy atom. The number of halogens is 2. The van der Waals surface area contributed by atoms with Gasteiger partial charge in [0.2, 0.25) is 0 Å². The molecule has 2 atom stereocenters. The summed E-state index contributed by atoms with van der Waals surface area (Å²) in [5.41, 5.74) is 0.581. The van der Waals surface area contributed by atoms with Gasteiger partial charge in [0, 0.05) is 18.0 Å². The van der Waals surface area contributed by atoms with Crippen LogP contribution in [0.1, 0.15) is 58.1 Å². The summed E-state index contributed by atoms with van der Waals surface area (Å²) in [6, 6.07) is 15.2. The molecule has 0 aromatic heterocycles. The van der Waals surface area contributed by atoms with Crippen molar-refractivity contribution in [3.05, 3.63) is 77.4 Å². The van der Waals surface area contributed by atoms with Crippen LogP contribution in [-0.4, -0.2) is 31.0 Å². The molecule has 186 valence electrons. The number of nitrogens with zero attached hydrogens (tertiary/aromatic N) is 1. The Bertz CT molecular complexity index is 1100. The Kier molecular flexibility index (Phi) is 9.00. The largest absolute Gasteiger partial charge is 0.443 e. The fourth-order valence-corrected chi connectivity index (χ4v) is 4.86. The topological polar surface area (TPSA) is 63.7 Å². The summed E-state index contributed by atoms with van der Waals surface area (Å²) < 4.78 is 60.6. The van der Waals surface area contributed by atoms with Crippen LogP contribution in [0.25, 0.3) is 0 Å². The van der Waals surface area contributed by atoms with Crippen LogP contribution in [-0.2, 0) is 14.8 Å². The highest BCUT2D eigenvalue weighted by atomic mass is 32.2. The molecule has 0 N–H and O–H groups in total. The fourth-order valence-electron chi connectivity index (χ4n) is 3.47. The molecule has 0 saturated heterocycles. The number of aryl methyl sites for hydroxylation is 1.